The Bertz CT molecular complexity index is 1150. The zero-order valence-corrected chi connectivity index (χ0v) is 16.8. The molecule has 1 aliphatic heterocycles. The first kappa shape index (κ1) is 18.7. The van der Waals surface area contributed by atoms with E-state index in [9.17, 15) is 9.18 Å². The molecule has 5 rings (SSSR count). The molecule has 2 heterocycles. The summed E-state index contributed by atoms with van der Waals surface area (Å²) < 4.78 is 20.4. The van der Waals surface area contributed by atoms with Gasteiger partial charge in [0.2, 0.25) is 0 Å². The standard InChI is InChI=1S/C25H23FN2O2/c1-15(27-16-8-3-2-4-9-16)23-18-10-5-6-13-21(18)30-22(23)14-19-17-11-7-12-20(26)24(17)28-25(19)29/h2-4,7-9,11-12,14-15,27H,5-6,10,13H2,1H3,(H,28,29). The number of hydrogen-bond donors (Lipinski definition) is 2. The summed E-state index contributed by atoms with van der Waals surface area (Å²) >= 11 is 0. The summed E-state index contributed by atoms with van der Waals surface area (Å²) in [5.41, 5.74) is 4.59. The first-order valence-electron chi connectivity index (χ1n) is 10.4. The summed E-state index contributed by atoms with van der Waals surface area (Å²) in [7, 11) is 0. The number of fused-ring (bicyclic) bond motifs is 2. The number of para-hydroxylation sites is 2. The maximum atomic E-state index is 14.1. The van der Waals surface area contributed by atoms with E-state index in [4.69, 9.17) is 4.42 Å². The maximum absolute atomic E-state index is 14.1. The molecule has 0 bridgehead atoms. The van der Waals surface area contributed by atoms with E-state index in [1.807, 2.05) is 30.3 Å². The molecule has 1 atom stereocenters. The predicted molar refractivity (Wildman–Crippen MR) is 117 cm³/mol. The minimum atomic E-state index is -0.428. The van der Waals surface area contributed by atoms with Crippen LogP contribution in [0.25, 0.3) is 11.6 Å². The van der Waals surface area contributed by atoms with Gasteiger partial charge in [0.15, 0.2) is 0 Å². The number of amides is 1. The lowest BCUT2D eigenvalue weighted by molar-refractivity contribution is -0.110. The summed E-state index contributed by atoms with van der Waals surface area (Å²) in [6.45, 7) is 2.11. The molecule has 1 aromatic heterocycles. The van der Waals surface area contributed by atoms with E-state index in [1.165, 1.54) is 11.6 Å². The molecule has 1 amide bonds. The highest BCUT2D eigenvalue weighted by Crippen LogP contribution is 2.40. The van der Waals surface area contributed by atoms with Crippen LogP contribution in [0.1, 0.15) is 54.0 Å². The van der Waals surface area contributed by atoms with Crippen molar-refractivity contribution in [3.05, 3.63) is 82.6 Å². The monoisotopic (exact) mass is 402 g/mol. The highest BCUT2D eigenvalue weighted by molar-refractivity contribution is 6.34. The molecule has 1 unspecified atom stereocenters. The van der Waals surface area contributed by atoms with Crippen molar-refractivity contribution in [3.8, 4) is 0 Å². The summed E-state index contributed by atoms with van der Waals surface area (Å²) in [5, 5.41) is 6.20. The van der Waals surface area contributed by atoms with Crippen LogP contribution in [0.3, 0.4) is 0 Å². The van der Waals surface area contributed by atoms with E-state index in [0.717, 1.165) is 42.7 Å². The van der Waals surface area contributed by atoms with Crippen molar-refractivity contribution < 1.29 is 13.6 Å². The smallest absolute Gasteiger partial charge is 0.256 e. The molecule has 0 saturated heterocycles. The molecule has 5 heteroatoms. The zero-order valence-electron chi connectivity index (χ0n) is 16.8. The van der Waals surface area contributed by atoms with Crippen molar-refractivity contribution in [2.45, 2.75) is 38.6 Å². The van der Waals surface area contributed by atoms with Crippen molar-refractivity contribution in [2.24, 2.45) is 0 Å². The third-order valence-electron chi connectivity index (χ3n) is 5.89. The van der Waals surface area contributed by atoms with Crippen LogP contribution in [0.2, 0.25) is 0 Å². The van der Waals surface area contributed by atoms with Crippen molar-refractivity contribution in [1.82, 2.24) is 0 Å². The molecule has 2 aliphatic rings. The molecule has 30 heavy (non-hydrogen) atoms. The third kappa shape index (κ3) is 3.20. The lowest BCUT2D eigenvalue weighted by Gasteiger charge is -2.18. The van der Waals surface area contributed by atoms with Crippen LogP contribution < -0.4 is 10.6 Å². The molecular formula is C25H23FN2O2. The van der Waals surface area contributed by atoms with Crippen LogP contribution in [0.4, 0.5) is 15.8 Å². The van der Waals surface area contributed by atoms with Crippen molar-refractivity contribution >= 4 is 28.9 Å². The van der Waals surface area contributed by atoms with Gasteiger partial charge in [-0.15, -0.1) is 0 Å². The Hall–Kier alpha value is -3.34. The SMILES string of the molecule is CC(Nc1ccccc1)c1c(C=C2C(=O)Nc3c(F)cccc32)oc2c1CCCC2. The first-order chi connectivity index (χ1) is 14.6. The Balaban J connectivity index is 1.59. The number of anilines is 2. The maximum Gasteiger partial charge on any atom is 0.256 e. The van der Waals surface area contributed by atoms with Crippen LogP contribution in [-0.2, 0) is 17.6 Å². The minimum absolute atomic E-state index is 0.00120. The second-order valence-corrected chi connectivity index (χ2v) is 7.90. The number of rotatable bonds is 4. The number of nitrogens with one attached hydrogen (secondary N) is 2. The highest BCUT2D eigenvalue weighted by atomic mass is 19.1. The van der Waals surface area contributed by atoms with Gasteiger partial charge >= 0.3 is 0 Å². The highest BCUT2D eigenvalue weighted by Gasteiger charge is 2.30. The topological polar surface area (TPSA) is 54.3 Å². The van der Waals surface area contributed by atoms with Gasteiger partial charge in [-0.1, -0.05) is 30.3 Å². The number of carbonyl (C=O) groups is 1. The van der Waals surface area contributed by atoms with Gasteiger partial charge in [-0.05, 0) is 56.0 Å². The van der Waals surface area contributed by atoms with E-state index in [2.05, 4.69) is 17.6 Å². The number of aryl methyl sites for hydroxylation is 1. The fourth-order valence-corrected chi connectivity index (χ4v) is 4.50. The average Bonchev–Trinajstić information content (AvgIpc) is 3.27. The third-order valence-corrected chi connectivity index (χ3v) is 5.89. The number of furan rings is 1. The normalized spacial score (nSPS) is 17.4. The predicted octanol–water partition coefficient (Wildman–Crippen LogP) is 5.96. The van der Waals surface area contributed by atoms with Gasteiger partial charge in [0, 0.05) is 23.2 Å². The van der Waals surface area contributed by atoms with Gasteiger partial charge in [0.05, 0.1) is 17.3 Å². The molecule has 152 valence electrons. The number of benzene rings is 2. The van der Waals surface area contributed by atoms with E-state index in [-0.39, 0.29) is 17.6 Å². The van der Waals surface area contributed by atoms with Crippen molar-refractivity contribution in [2.75, 3.05) is 10.6 Å². The Kier molecular flexibility index (Phi) is 4.66. The quantitative estimate of drug-likeness (QED) is 0.529. The van der Waals surface area contributed by atoms with E-state index in [1.54, 1.807) is 18.2 Å². The van der Waals surface area contributed by atoms with E-state index < -0.39 is 5.82 Å². The second kappa shape index (κ2) is 7.48. The Morgan fingerprint density at radius 3 is 2.73 bits per heavy atom. The first-order valence-corrected chi connectivity index (χ1v) is 10.4. The molecule has 0 saturated carbocycles. The van der Waals surface area contributed by atoms with Crippen LogP contribution in [0.5, 0.6) is 0 Å². The van der Waals surface area contributed by atoms with Gasteiger partial charge < -0.3 is 15.1 Å². The minimum Gasteiger partial charge on any atom is -0.461 e. The number of halogens is 1. The van der Waals surface area contributed by atoms with Gasteiger partial charge in [0.25, 0.3) is 5.91 Å². The van der Waals surface area contributed by atoms with Crippen LogP contribution >= 0.6 is 0 Å². The van der Waals surface area contributed by atoms with Crippen LogP contribution in [-0.4, -0.2) is 5.91 Å². The Morgan fingerprint density at radius 2 is 1.90 bits per heavy atom. The van der Waals surface area contributed by atoms with Crippen molar-refractivity contribution in [1.29, 1.82) is 0 Å². The number of carbonyl (C=O) groups excluding carboxylic acids is 1. The number of hydrogen-bond acceptors (Lipinski definition) is 3. The van der Waals surface area contributed by atoms with Crippen LogP contribution in [0.15, 0.2) is 52.9 Å². The molecule has 0 spiro atoms. The van der Waals surface area contributed by atoms with Gasteiger partial charge in [-0.3, -0.25) is 4.79 Å². The van der Waals surface area contributed by atoms with Crippen LogP contribution in [0, 0.1) is 5.82 Å². The molecule has 3 aromatic rings. The summed E-state index contributed by atoms with van der Waals surface area (Å²) in [4.78, 5) is 12.6. The van der Waals surface area contributed by atoms with Gasteiger partial charge in [-0.25, -0.2) is 4.39 Å². The lowest BCUT2D eigenvalue weighted by Crippen LogP contribution is -2.11. The summed E-state index contributed by atoms with van der Waals surface area (Å²) in [6, 6.07) is 14.8. The fraction of sp³-hybridized carbons (Fsp3) is 0.240. The summed E-state index contributed by atoms with van der Waals surface area (Å²) in [6.07, 6.45) is 5.88. The fourth-order valence-electron chi connectivity index (χ4n) is 4.50. The van der Waals surface area contributed by atoms with E-state index >= 15 is 0 Å². The molecule has 4 nitrogen and oxygen atoms in total. The molecule has 1 aliphatic carbocycles. The largest absolute Gasteiger partial charge is 0.461 e. The molecule has 0 radical (unpaired) electrons. The average molecular weight is 402 g/mol. The molecular weight excluding hydrogens is 379 g/mol. The Labute approximate surface area is 174 Å². The Morgan fingerprint density at radius 1 is 1.10 bits per heavy atom. The molecule has 0 fully saturated rings. The second-order valence-electron chi connectivity index (χ2n) is 7.90. The zero-order chi connectivity index (χ0) is 20.7. The van der Waals surface area contributed by atoms with Crippen molar-refractivity contribution in [3.63, 3.8) is 0 Å². The van der Waals surface area contributed by atoms with Gasteiger partial charge in [0.1, 0.15) is 17.3 Å². The van der Waals surface area contributed by atoms with Gasteiger partial charge in [-0.2, -0.15) is 0 Å². The van der Waals surface area contributed by atoms with E-state index in [0.29, 0.717) is 16.9 Å². The lowest BCUT2D eigenvalue weighted by atomic mass is 9.91. The molecule has 2 aromatic carbocycles. The summed E-state index contributed by atoms with van der Waals surface area (Å²) in [5.74, 6) is 0.948. The molecule has 2 N–H and O–H groups in total.